The highest BCUT2D eigenvalue weighted by molar-refractivity contribution is 5.95. The minimum atomic E-state index is -0.510. The number of benzene rings is 1. The Morgan fingerprint density at radius 3 is 2.95 bits per heavy atom. The largest absolute Gasteiger partial charge is 0.465 e. The highest BCUT2D eigenvalue weighted by atomic mass is 19.1. The molecule has 1 aromatic carbocycles. The normalized spacial score (nSPS) is 22.4. The molecular weight excluding hydrogens is 257 g/mol. The van der Waals surface area contributed by atoms with Crippen LogP contribution in [0.25, 0.3) is 0 Å². The number of carbonyl (C=O) groups is 1. The van der Waals surface area contributed by atoms with Crippen molar-refractivity contribution in [2.45, 2.75) is 32.6 Å². The zero-order valence-electron chi connectivity index (χ0n) is 12.1. The number of carbonyl (C=O) groups excluding carboxylic acids is 1. The predicted octanol–water partition coefficient (Wildman–Crippen LogP) is 3.85. The zero-order chi connectivity index (χ0) is 14.5. The molecule has 0 bridgehead atoms. The van der Waals surface area contributed by atoms with E-state index in [0.29, 0.717) is 11.6 Å². The highest BCUT2D eigenvalue weighted by Crippen LogP contribution is 2.29. The first kappa shape index (κ1) is 14.8. The van der Waals surface area contributed by atoms with Gasteiger partial charge in [-0.1, -0.05) is 19.8 Å². The number of anilines is 1. The monoisotopic (exact) mass is 279 g/mol. The lowest BCUT2D eigenvalue weighted by atomic mass is 9.82. The second kappa shape index (κ2) is 6.73. The van der Waals surface area contributed by atoms with E-state index in [4.69, 9.17) is 4.74 Å². The summed E-state index contributed by atoms with van der Waals surface area (Å²) >= 11 is 0. The fraction of sp³-hybridized carbons (Fsp3) is 0.562. The number of esters is 1. The van der Waals surface area contributed by atoms with Gasteiger partial charge in [0.15, 0.2) is 0 Å². The van der Waals surface area contributed by atoms with Crippen molar-refractivity contribution in [3.8, 4) is 0 Å². The van der Waals surface area contributed by atoms with Crippen LogP contribution in [-0.4, -0.2) is 19.6 Å². The van der Waals surface area contributed by atoms with E-state index in [1.807, 2.05) is 0 Å². The molecule has 1 aliphatic carbocycles. The van der Waals surface area contributed by atoms with Crippen molar-refractivity contribution in [1.82, 2.24) is 0 Å². The Bertz CT molecular complexity index is 476. The van der Waals surface area contributed by atoms with Crippen LogP contribution in [-0.2, 0) is 4.74 Å². The van der Waals surface area contributed by atoms with Crippen LogP contribution in [0.15, 0.2) is 18.2 Å². The van der Waals surface area contributed by atoms with Crippen LogP contribution in [0.3, 0.4) is 0 Å². The first-order valence-electron chi connectivity index (χ1n) is 7.22. The van der Waals surface area contributed by atoms with E-state index in [-0.39, 0.29) is 5.56 Å². The molecule has 0 aliphatic heterocycles. The van der Waals surface area contributed by atoms with Crippen LogP contribution in [0.5, 0.6) is 0 Å². The predicted molar refractivity (Wildman–Crippen MR) is 77.4 cm³/mol. The third-order valence-electron chi connectivity index (χ3n) is 4.01. The van der Waals surface area contributed by atoms with E-state index in [1.165, 1.54) is 44.9 Å². The maximum Gasteiger partial charge on any atom is 0.340 e. The molecule has 4 heteroatoms. The summed E-state index contributed by atoms with van der Waals surface area (Å²) in [5.41, 5.74) is 0.910. The van der Waals surface area contributed by atoms with E-state index in [1.54, 1.807) is 6.07 Å². The average Bonchev–Trinajstić information content (AvgIpc) is 2.45. The third kappa shape index (κ3) is 3.71. The van der Waals surface area contributed by atoms with Crippen molar-refractivity contribution in [2.24, 2.45) is 11.8 Å². The number of ether oxygens (including phenoxy) is 1. The van der Waals surface area contributed by atoms with Gasteiger partial charge in [-0.25, -0.2) is 9.18 Å². The van der Waals surface area contributed by atoms with Crippen LogP contribution in [0.4, 0.5) is 10.1 Å². The molecule has 2 unspecified atom stereocenters. The fourth-order valence-electron chi connectivity index (χ4n) is 2.95. The van der Waals surface area contributed by atoms with Crippen molar-refractivity contribution >= 4 is 11.7 Å². The summed E-state index contributed by atoms with van der Waals surface area (Å²) in [5.74, 6) is 0.449. The van der Waals surface area contributed by atoms with Gasteiger partial charge < -0.3 is 10.1 Å². The van der Waals surface area contributed by atoms with Gasteiger partial charge in [-0.15, -0.1) is 0 Å². The van der Waals surface area contributed by atoms with Crippen molar-refractivity contribution in [3.63, 3.8) is 0 Å². The number of nitrogens with one attached hydrogen (secondary N) is 1. The Kier molecular flexibility index (Phi) is 4.99. The summed E-state index contributed by atoms with van der Waals surface area (Å²) in [6.45, 7) is 3.10. The molecular formula is C16H22FNO2. The molecule has 0 heterocycles. The van der Waals surface area contributed by atoms with Gasteiger partial charge in [-0.2, -0.15) is 0 Å². The molecule has 0 amide bonds. The molecule has 2 atom stereocenters. The summed E-state index contributed by atoms with van der Waals surface area (Å²) in [7, 11) is 1.31. The molecule has 0 saturated heterocycles. The Morgan fingerprint density at radius 1 is 1.45 bits per heavy atom. The number of hydrogen-bond acceptors (Lipinski definition) is 3. The van der Waals surface area contributed by atoms with Crippen molar-refractivity contribution < 1.29 is 13.9 Å². The van der Waals surface area contributed by atoms with Gasteiger partial charge in [0, 0.05) is 12.2 Å². The van der Waals surface area contributed by atoms with E-state index in [9.17, 15) is 9.18 Å². The van der Waals surface area contributed by atoms with Crippen LogP contribution in [0.2, 0.25) is 0 Å². The highest BCUT2D eigenvalue weighted by Gasteiger charge is 2.20. The minimum Gasteiger partial charge on any atom is -0.465 e. The van der Waals surface area contributed by atoms with E-state index in [0.717, 1.165) is 12.5 Å². The van der Waals surface area contributed by atoms with Gasteiger partial charge in [-0.05, 0) is 42.9 Å². The summed E-state index contributed by atoms with van der Waals surface area (Å²) in [4.78, 5) is 11.7. The first-order valence-corrected chi connectivity index (χ1v) is 7.22. The number of halogens is 1. The SMILES string of the molecule is COC(=O)c1cc(F)ccc1NCC1CCCC(C)C1. The van der Waals surface area contributed by atoms with Gasteiger partial charge in [-0.3, -0.25) is 0 Å². The Morgan fingerprint density at radius 2 is 2.25 bits per heavy atom. The molecule has 2 rings (SSSR count). The number of hydrogen-bond donors (Lipinski definition) is 1. The van der Waals surface area contributed by atoms with Crippen molar-refractivity contribution in [1.29, 1.82) is 0 Å². The second-order valence-electron chi connectivity index (χ2n) is 5.70. The number of methoxy groups -OCH3 is 1. The molecule has 110 valence electrons. The fourth-order valence-corrected chi connectivity index (χ4v) is 2.95. The average molecular weight is 279 g/mol. The molecule has 0 radical (unpaired) electrons. The van der Waals surface area contributed by atoms with Gasteiger partial charge in [0.25, 0.3) is 0 Å². The maximum absolute atomic E-state index is 13.3. The molecule has 0 spiro atoms. The molecule has 3 nitrogen and oxygen atoms in total. The molecule has 1 saturated carbocycles. The van der Waals surface area contributed by atoms with Crippen LogP contribution < -0.4 is 5.32 Å². The lowest BCUT2D eigenvalue weighted by Gasteiger charge is -2.27. The topological polar surface area (TPSA) is 38.3 Å². The van der Waals surface area contributed by atoms with E-state index < -0.39 is 11.8 Å². The quantitative estimate of drug-likeness (QED) is 0.851. The number of rotatable bonds is 4. The minimum absolute atomic E-state index is 0.261. The van der Waals surface area contributed by atoms with Gasteiger partial charge >= 0.3 is 5.97 Å². The zero-order valence-corrected chi connectivity index (χ0v) is 12.1. The molecule has 1 fully saturated rings. The molecule has 1 aromatic rings. The Labute approximate surface area is 119 Å². The molecule has 1 N–H and O–H groups in total. The standard InChI is InChI=1S/C16H22FNO2/c1-11-4-3-5-12(8-11)10-18-15-7-6-13(17)9-14(15)16(19)20-2/h6-7,9,11-12,18H,3-5,8,10H2,1-2H3. The van der Waals surface area contributed by atoms with Gasteiger partial charge in [0.2, 0.25) is 0 Å². The third-order valence-corrected chi connectivity index (χ3v) is 4.01. The second-order valence-corrected chi connectivity index (χ2v) is 5.70. The van der Waals surface area contributed by atoms with Crippen LogP contribution in [0, 0.1) is 17.7 Å². The van der Waals surface area contributed by atoms with Crippen LogP contribution in [0.1, 0.15) is 43.0 Å². The summed E-state index contributed by atoms with van der Waals surface area (Å²) in [5, 5.41) is 3.28. The van der Waals surface area contributed by atoms with Crippen molar-refractivity contribution in [2.75, 3.05) is 19.0 Å². The first-order chi connectivity index (χ1) is 9.60. The Balaban J connectivity index is 2.03. The van der Waals surface area contributed by atoms with Crippen LogP contribution >= 0.6 is 0 Å². The van der Waals surface area contributed by atoms with Gasteiger partial charge in [0.05, 0.1) is 12.7 Å². The maximum atomic E-state index is 13.3. The van der Waals surface area contributed by atoms with E-state index in [2.05, 4.69) is 12.2 Å². The smallest absolute Gasteiger partial charge is 0.340 e. The Hall–Kier alpha value is -1.58. The molecule has 0 aromatic heterocycles. The molecule has 1 aliphatic rings. The lowest BCUT2D eigenvalue weighted by Crippen LogP contribution is -2.22. The summed E-state index contributed by atoms with van der Waals surface area (Å²) in [6, 6.07) is 4.18. The van der Waals surface area contributed by atoms with Gasteiger partial charge in [0.1, 0.15) is 5.82 Å². The molecule has 20 heavy (non-hydrogen) atoms. The van der Waals surface area contributed by atoms with Crippen molar-refractivity contribution in [3.05, 3.63) is 29.6 Å². The van der Waals surface area contributed by atoms with E-state index >= 15 is 0 Å². The lowest BCUT2D eigenvalue weighted by molar-refractivity contribution is 0.0601. The summed E-state index contributed by atoms with van der Waals surface area (Å²) in [6.07, 6.45) is 5.00. The summed E-state index contributed by atoms with van der Waals surface area (Å²) < 4.78 is 17.9.